The Bertz CT molecular complexity index is 473. The van der Waals surface area contributed by atoms with E-state index in [2.05, 4.69) is 20.7 Å². The summed E-state index contributed by atoms with van der Waals surface area (Å²) < 4.78 is 4.61. The van der Waals surface area contributed by atoms with Crippen molar-refractivity contribution in [3.8, 4) is 0 Å². The molecular weight excluding hydrogens is 302 g/mol. The number of halogens is 1. The molecule has 5 nitrogen and oxygen atoms in total. The van der Waals surface area contributed by atoms with E-state index in [0.29, 0.717) is 5.56 Å². The predicted octanol–water partition coefficient (Wildman–Crippen LogP) is 3.33. The molecule has 0 bridgehead atoms. The first-order valence-electron chi connectivity index (χ1n) is 5.38. The van der Waals surface area contributed by atoms with E-state index >= 15 is 0 Å². The van der Waals surface area contributed by atoms with Crippen LogP contribution in [0.5, 0.6) is 0 Å². The second-order valence-electron chi connectivity index (χ2n) is 3.94. The van der Waals surface area contributed by atoms with Crippen molar-refractivity contribution in [2.24, 2.45) is 0 Å². The van der Waals surface area contributed by atoms with Crippen molar-refractivity contribution in [3.63, 3.8) is 0 Å². The van der Waals surface area contributed by atoms with Crippen molar-refractivity contribution >= 4 is 27.6 Å². The Morgan fingerprint density at radius 3 is 2.50 bits per heavy atom. The van der Waals surface area contributed by atoms with E-state index in [1.807, 2.05) is 6.92 Å². The first-order chi connectivity index (χ1) is 8.38. The zero-order valence-corrected chi connectivity index (χ0v) is 11.9. The average molecular weight is 316 g/mol. The van der Waals surface area contributed by atoms with Gasteiger partial charge in [-0.05, 0) is 19.4 Å². The highest BCUT2D eigenvalue weighted by atomic mass is 79.9. The Morgan fingerprint density at radius 2 is 2.06 bits per heavy atom. The van der Waals surface area contributed by atoms with Gasteiger partial charge in [-0.25, -0.2) is 0 Å². The molecule has 98 valence electrons. The fourth-order valence-corrected chi connectivity index (χ4v) is 1.92. The molecule has 0 aliphatic heterocycles. The average Bonchev–Trinajstić information content (AvgIpc) is 2.35. The number of carbonyl (C=O) groups is 1. The molecule has 0 N–H and O–H groups in total. The summed E-state index contributed by atoms with van der Waals surface area (Å²) in [5.74, 6) is -1.15. The number of esters is 1. The molecule has 0 fully saturated rings. The molecule has 0 spiro atoms. The van der Waals surface area contributed by atoms with E-state index in [1.165, 1.54) is 13.2 Å². The van der Waals surface area contributed by atoms with Crippen molar-refractivity contribution in [2.75, 3.05) is 7.11 Å². The minimum Gasteiger partial charge on any atom is -0.469 e. The van der Waals surface area contributed by atoms with Crippen LogP contribution < -0.4 is 0 Å². The van der Waals surface area contributed by atoms with E-state index in [4.69, 9.17) is 0 Å². The number of rotatable bonds is 4. The Kier molecular flexibility index (Phi) is 4.84. The predicted molar refractivity (Wildman–Crippen MR) is 70.9 cm³/mol. The number of nitrogens with zero attached hydrogens (tertiary/aromatic N) is 1. The van der Waals surface area contributed by atoms with Crippen LogP contribution >= 0.6 is 15.9 Å². The highest BCUT2D eigenvalue weighted by Gasteiger charge is 2.25. The third kappa shape index (κ3) is 3.07. The van der Waals surface area contributed by atoms with Gasteiger partial charge in [0.15, 0.2) is 0 Å². The van der Waals surface area contributed by atoms with Gasteiger partial charge in [-0.3, -0.25) is 14.9 Å². The topological polar surface area (TPSA) is 69.4 Å². The number of ether oxygens (including phenoxy) is 1. The molecule has 0 aromatic heterocycles. The van der Waals surface area contributed by atoms with Gasteiger partial charge < -0.3 is 4.74 Å². The smallest absolute Gasteiger partial charge is 0.313 e. The Balaban J connectivity index is 3.27. The number of methoxy groups -OCH3 is 1. The number of nitro benzene ring substituents is 1. The van der Waals surface area contributed by atoms with Crippen LogP contribution in [0.15, 0.2) is 18.2 Å². The number of hydrogen-bond acceptors (Lipinski definition) is 4. The van der Waals surface area contributed by atoms with Crippen LogP contribution in [0, 0.1) is 10.1 Å². The molecule has 0 aliphatic rings. The number of carbonyl (C=O) groups excluding carboxylic acids is 1. The van der Waals surface area contributed by atoms with E-state index in [9.17, 15) is 14.9 Å². The quantitative estimate of drug-likeness (QED) is 0.370. The molecule has 2 atom stereocenters. The molecule has 0 radical (unpaired) electrons. The Hall–Kier alpha value is -1.43. The van der Waals surface area contributed by atoms with Crippen molar-refractivity contribution in [1.29, 1.82) is 0 Å². The van der Waals surface area contributed by atoms with Crippen LogP contribution in [0.4, 0.5) is 5.69 Å². The van der Waals surface area contributed by atoms with Gasteiger partial charge in [0.2, 0.25) is 0 Å². The molecule has 2 unspecified atom stereocenters. The molecule has 6 heteroatoms. The van der Waals surface area contributed by atoms with E-state index in [-0.39, 0.29) is 10.5 Å². The van der Waals surface area contributed by atoms with Gasteiger partial charge >= 0.3 is 5.97 Å². The zero-order valence-electron chi connectivity index (χ0n) is 10.3. The van der Waals surface area contributed by atoms with Gasteiger partial charge in [-0.2, -0.15) is 0 Å². The van der Waals surface area contributed by atoms with Gasteiger partial charge in [-0.1, -0.05) is 28.1 Å². The molecule has 1 aromatic carbocycles. The zero-order chi connectivity index (χ0) is 13.9. The second kappa shape index (κ2) is 5.95. The minimum atomic E-state index is -0.657. The molecule has 0 saturated carbocycles. The summed E-state index contributed by atoms with van der Waals surface area (Å²) in [6, 6.07) is 4.85. The normalized spacial score (nSPS) is 13.8. The van der Waals surface area contributed by atoms with Gasteiger partial charge in [0.25, 0.3) is 5.69 Å². The lowest BCUT2D eigenvalue weighted by atomic mass is 9.97. The largest absolute Gasteiger partial charge is 0.469 e. The number of benzene rings is 1. The Labute approximate surface area is 113 Å². The SMILES string of the molecule is COC(=O)C(C)c1ccc(C(C)Br)cc1[N+](=O)[O-]. The summed E-state index contributed by atoms with van der Waals surface area (Å²) in [6.45, 7) is 3.47. The first-order valence-corrected chi connectivity index (χ1v) is 6.30. The number of alkyl halides is 1. The van der Waals surface area contributed by atoms with Crippen LogP contribution in [0.3, 0.4) is 0 Å². The van der Waals surface area contributed by atoms with Crippen molar-refractivity contribution in [3.05, 3.63) is 39.4 Å². The molecule has 18 heavy (non-hydrogen) atoms. The van der Waals surface area contributed by atoms with Crippen molar-refractivity contribution < 1.29 is 14.5 Å². The molecule has 1 rings (SSSR count). The number of nitro groups is 1. The van der Waals surface area contributed by atoms with Crippen LogP contribution in [-0.4, -0.2) is 18.0 Å². The fraction of sp³-hybridized carbons (Fsp3) is 0.417. The standard InChI is InChI=1S/C12H14BrNO4/c1-7(12(15)18-3)10-5-4-9(8(2)13)6-11(10)14(16)17/h4-8H,1-3H3. The van der Waals surface area contributed by atoms with Crippen molar-refractivity contribution in [2.45, 2.75) is 24.6 Å². The molecule has 0 saturated heterocycles. The van der Waals surface area contributed by atoms with Crippen LogP contribution in [-0.2, 0) is 9.53 Å². The van der Waals surface area contributed by atoms with Crippen molar-refractivity contribution in [1.82, 2.24) is 0 Å². The van der Waals surface area contributed by atoms with E-state index in [1.54, 1.807) is 19.1 Å². The monoisotopic (exact) mass is 315 g/mol. The molecule has 1 aromatic rings. The first kappa shape index (κ1) is 14.6. The lowest BCUT2D eigenvalue weighted by molar-refractivity contribution is -0.385. The van der Waals surface area contributed by atoms with Gasteiger partial charge in [0.1, 0.15) is 0 Å². The summed E-state index contributed by atoms with van der Waals surface area (Å²) in [5, 5.41) is 11.1. The molecule has 0 aliphatic carbocycles. The van der Waals surface area contributed by atoms with E-state index in [0.717, 1.165) is 5.56 Å². The van der Waals surface area contributed by atoms with E-state index < -0.39 is 16.8 Å². The molecular formula is C12H14BrNO4. The fourth-order valence-electron chi connectivity index (χ4n) is 1.64. The third-order valence-corrected chi connectivity index (χ3v) is 3.26. The van der Waals surface area contributed by atoms with Gasteiger partial charge in [-0.15, -0.1) is 0 Å². The highest BCUT2D eigenvalue weighted by molar-refractivity contribution is 9.09. The summed E-state index contributed by atoms with van der Waals surface area (Å²) in [4.78, 5) is 22.0. The van der Waals surface area contributed by atoms with Crippen LogP contribution in [0.25, 0.3) is 0 Å². The third-order valence-electron chi connectivity index (χ3n) is 2.73. The Morgan fingerprint density at radius 1 is 1.44 bits per heavy atom. The minimum absolute atomic E-state index is 0.0127. The lowest BCUT2D eigenvalue weighted by Crippen LogP contribution is -2.12. The summed E-state index contributed by atoms with van der Waals surface area (Å²) in [6.07, 6.45) is 0. The van der Waals surface area contributed by atoms with Gasteiger partial charge in [0, 0.05) is 16.5 Å². The maximum absolute atomic E-state index is 11.5. The lowest BCUT2D eigenvalue weighted by Gasteiger charge is -2.12. The maximum atomic E-state index is 11.5. The molecule has 0 amide bonds. The molecule has 0 heterocycles. The second-order valence-corrected chi connectivity index (χ2v) is 5.31. The maximum Gasteiger partial charge on any atom is 0.313 e. The highest BCUT2D eigenvalue weighted by Crippen LogP contribution is 2.32. The summed E-state index contributed by atoms with van der Waals surface area (Å²) in [7, 11) is 1.26. The van der Waals surface area contributed by atoms with Crippen LogP contribution in [0.1, 0.15) is 35.7 Å². The summed E-state index contributed by atoms with van der Waals surface area (Å²) in [5.41, 5.74) is 1.10. The number of hydrogen-bond donors (Lipinski definition) is 0. The van der Waals surface area contributed by atoms with Gasteiger partial charge in [0.05, 0.1) is 18.0 Å². The van der Waals surface area contributed by atoms with Crippen LogP contribution in [0.2, 0.25) is 0 Å². The summed E-state index contributed by atoms with van der Waals surface area (Å²) >= 11 is 3.36.